The topological polar surface area (TPSA) is 90.4 Å². The van der Waals surface area contributed by atoms with E-state index in [1.165, 1.54) is 0 Å². The number of fused-ring (bicyclic) bond motifs is 1. The third kappa shape index (κ3) is 4.40. The fraction of sp³-hybridized carbons (Fsp3) is 0.750. The molecule has 3 amide bonds. The molecule has 3 heterocycles. The van der Waals surface area contributed by atoms with E-state index in [-0.39, 0.29) is 30.2 Å². The van der Waals surface area contributed by atoms with Gasteiger partial charge in [-0.2, -0.15) is 0 Å². The second-order valence-corrected chi connectivity index (χ2v) is 11.0. The number of hydrogen-bond acceptors (Lipinski definition) is 5. The zero-order chi connectivity index (χ0) is 26.8. The highest BCUT2D eigenvalue weighted by Gasteiger charge is 2.78. The zero-order valence-electron chi connectivity index (χ0n) is 22.7. The van der Waals surface area contributed by atoms with Gasteiger partial charge in [0.2, 0.25) is 17.7 Å². The van der Waals surface area contributed by atoms with Crippen molar-refractivity contribution in [2.45, 2.75) is 83.1 Å². The van der Waals surface area contributed by atoms with Crippen molar-refractivity contribution in [2.75, 3.05) is 33.3 Å². The lowest BCUT2D eigenvalue weighted by molar-refractivity contribution is -0.157. The van der Waals surface area contributed by atoms with Crippen molar-refractivity contribution in [3.63, 3.8) is 0 Å². The molecule has 0 aromatic rings. The molecule has 1 spiro atoms. The number of carbonyl (C=O) groups is 3. The lowest BCUT2D eigenvalue weighted by Gasteiger charge is -2.41. The van der Waals surface area contributed by atoms with Crippen LogP contribution in [0.1, 0.15) is 59.8 Å². The molecule has 2 bridgehead atoms. The highest BCUT2D eigenvalue weighted by Crippen LogP contribution is 2.64. The van der Waals surface area contributed by atoms with Gasteiger partial charge < -0.3 is 24.5 Å². The predicted octanol–water partition coefficient (Wildman–Crippen LogP) is 2.62. The molecule has 36 heavy (non-hydrogen) atoms. The minimum atomic E-state index is -1.09. The first-order valence-electron chi connectivity index (χ1n) is 13.5. The Morgan fingerprint density at radius 2 is 1.89 bits per heavy atom. The van der Waals surface area contributed by atoms with E-state index in [0.717, 1.165) is 19.3 Å². The minimum absolute atomic E-state index is 0.0293. The van der Waals surface area contributed by atoms with E-state index in [4.69, 9.17) is 4.74 Å². The van der Waals surface area contributed by atoms with Crippen molar-refractivity contribution in [2.24, 2.45) is 17.8 Å². The van der Waals surface area contributed by atoms with E-state index < -0.39 is 35.1 Å². The van der Waals surface area contributed by atoms with Gasteiger partial charge in [-0.25, -0.2) is 0 Å². The Morgan fingerprint density at radius 3 is 2.44 bits per heavy atom. The van der Waals surface area contributed by atoms with E-state index in [1.807, 2.05) is 20.8 Å². The Hall–Kier alpha value is -2.19. The second-order valence-electron chi connectivity index (χ2n) is 11.0. The number of unbranched alkanes of at least 4 members (excludes halogenated alkanes) is 1. The van der Waals surface area contributed by atoms with Crippen molar-refractivity contribution in [1.82, 2.24) is 14.7 Å². The molecule has 3 rings (SSSR count). The third-order valence-corrected chi connectivity index (χ3v) is 8.78. The number of likely N-dealkylation sites (tertiary alicyclic amines) is 1. The molecule has 1 N–H and O–H groups in total. The molecule has 7 atom stereocenters. The summed E-state index contributed by atoms with van der Waals surface area (Å²) < 4.78 is 6.72. The Kier molecular flexibility index (Phi) is 8.71. The van der Waals surface area contributed by atoms with Gasteiger partial charge in [0, 0.05) is 26.7 Å². The van der Waals surface area contributed by atoms with Crippen molar-refractivity contribution in [3.05, 3.63) is 25.3 Å². The monoisotopic (exact) mass is 503 g/mol. The first kappa shape index (κ1) is 28.4. The van der Waals surface area contributed by atoms with Crippen LogP contribution in [0.25, 0.3) is 0 Å². The van der Waals surface area contributed by atoms with Gasteiger partial charge in [-0.05, 0) is 32.1 Å². The number of nitrogens with zero attached hydrogens (tertiary/aromatic N) is 3. The maximum Gasteiger partial charge on any atom is 0.248 e. The Labute approximate surface area is 216 Å². The summed E-state index contributed by atoms with van der Waals surface area (Å²) in [5, 5.41) is 10.4. The summed E-state index contributed by atoms with van der Waals surface area (Å²) >= 11 is 0. The largest absolute Gasteiger partial charge is 0.394 e. The number of ether oxygens (including phenoxy) is 1. The standard InChI is InChI=1S/C28H45N3O5/c1-8-12-17-30(16-10-3)26(35)23-28-14-13-27(6,36-28)21(24(33)29(7)15-9-2)22(28)25(34)31(23)20(18-32)19(5)11-4/h9-10,19-23,32H,2-3,8,11-18H2,1,4-7H3/t19-,20-,21+,22-,23?,27-,28?/m0/s1. The minimum Gasteiger partial charge on any atom is -0.394 e. The first-order chi connectivity index (χ1) is 17.1. The average Bonchev–Trinajstić information content (AvgIpc) is 3.42. The van der Waals surface area contributed by atoms with E-state index in [2.05, 4.69) is 20.1 Å². The van der Waals surface area contributed by atoms with Crippen molar-refractivity contribution < 1.29 is 24.2 Å². The van der Waals surface area contributed by atoms with Crippen LogP contribution in [-0.2, 0) is 19.1 Å². The van der Waals surface area contributed by atoms with E-state index in [1.54, 1.807) is 33.9 Å². The molecule has 8 nitrogen and oxygen atoms in total. The smallest absolute Gasteiger partial charge is 0.248 e. The number of aliphatic hydroxyl groups excluding tert-OH is 1. The average molecular weight is 504 g/mol. The van der Waals surface area contributed by atoms with Gasteiger partial charge >= 0.3 is 0 Å². The van der Waals surface area contributed by atoms with E-state index in [0.29, 0.717) is 32.5 Å². The van der Waals surface area contributed by atoms with E-state index >= 15 is 0 Å². The van der Waals surface area contributed by atoms with Crippen LogP contribution in [0.3, 0.4) is 0 Å². The van der Waals surface area contributed by atoms with Crippen LogP contribution in [-0.4, -0.2) is 94.1 Å². The fourth-order valence-electron chi connectivity index (χ4n) is 6.68. The molecule has 202 valence electrons. The maximum absolute atomic E-state index is 14.3. The maximum atomic E-state index is 14.3. The van der Waals surface area contributed by atoms with Crippen molar-refractivity contribution >= 4 is 17.7 Å². The summed E-state index contributed by atoms with van der Waals surface area (Å²) in [6.07, 6.45) is 6.97. The number of aliphatic hydroxyl groups is 1. The lowest BCUT2D eigenvalue weighted by Crippen LogP contribution is -2.60. The number of carbonyl (C=O) groups excluding carboxylic acids is 3. The molecule has 0 aromatic heterocycles. The molecule has 2 unspecified atom stereocenters. The lowest BCUT2D eigenvalue weighted by atomic mass is 9.66. The van der Waals surface area contributed by atoms with Gasteiger partial charge in [-0.15, -0.1) is 13.2 Å². The quantitative estimate of drug-likeness (QED) is 0.390. The molecule has 0 saturated carbocycles. The molecule has 3 aliphatic rings. The van der Waals surface area contributed by atoms with Gasteiger partial charge in [0.05, 0.1) is 30.1 Å². The molecule has 0 radical (unpaired) electrons. The number of likely N-dealkylation sites (N-methyl/N-ethyl adjacent to an activating group) is 1. The highest BCUT2D eigenvalue weighted by molar-refractivity contribution is 5.99. The summed E-state index contributed by atoms with van der Waals surface area (Å²) in [5.74, 6) is -2.08. The van der Waals surface area contributed by atoms with Gasteiger partial charge in [0.1, 0.15) is 11.6 Å². The van der Waals surface area contributed by atoms with Crippen LogP contribution in [0.2, 0.25) is 0 Å². The second kappa shape index (κ2) is 11.1. The summed E-state index contributed by atoms with van der Waals surface area (Å²) in [4.78, 5) is 47.2. The van der Waals surface area contributed by atoms with Gasteiger partial charge in [0.25, 0.3) is 0 Å². The van der Waals surface area contributed by atoms with Crippen molar-refractivity contribution in [3.8, 4) is 0 Å². The number of rotatable bonds is 13. The first-order valence-corrected chi connectivity index (χ1v) is 13.5. The van der Waals surface area contributed by atoms with Crippen LogP contribution < -0.4 is 0 Å². The van der Waals surface area contributed by atoms with E-state index in [9.17, 15) is 19.5 Å². The van der Waals surface area contributed by atoms with Gasteiger partial charge in [0.15, 0.2) is 0 Å². The summed E-state index contributed by atoms with van der Waals surface area (Å²) in [5.41, 5.74) is -1.92. The Bertz CT molecular complexity index is 877. The highest BCUT2D eigenvalue weighted by atomic mass is 16.5. The van der Waals surface area contributed by atoms with Crippen molar-refractivity contribution in [1.29, 1.82) is 0 Å². The zero-order valence-corrected chi connectivity index (χ0v) is 22.7. The molecular formula is C28H45N3O5. The number of amides is 3. The molecular weight excluding hydrogens is 458 g/mol. The molecule has 3 aliphatic heterocycles. The van der Waals surface area contributed by atoms with Crippen LogP contribution in [0.4, 0.5) is 0 Å². The van der Waals surface area contributed by atoms with Crippen LogP contribution in [0.15, 0.2) is 25.3 Å². The predicted molar refractivity (Wildman–Crippen MR) is 139 cm³/mol. The summed E-state index contributed by atoms with van der Waals surface area (Å²) in [7, 11) is 1.71. The summed E-state index contributed by atoms with van der Waals surface area (Å²) in [6, 6.07) is -1.42. The van der Waals surface area contributed by atoms with Crippen LogP contribution >= 0.6 is 0 Å². The number of hydrogen-bond donors (Lipinski definition) is 1. The Balaban J connectivity index is 2.14. The normalized spacial score (nSPS) is 32.2. The van der Waals surface area contributed by atoms with Crippen LogP contribution in [0, 0.1) is 17.8 Å². The molecule has 0 aliphatic carbocycles. The fourth-order valence-corrected chi connectivity index (χ4v) is 6.68. The SMILES string of the molecule is C=CCN(C)C(=O)[C@H]1[C@H]2C(=O)N([C@@H](CO)[C@@H](C)CC)C(C(=O)N(CC=C)CCCC)C23CC[C@]1(C)O3. The molecule has 0 aromatic carbocycles. The molecule has 8 heteroatoms. The third-order valence-electron chi connectivity index (χ3n) is 8.78. The molecule has 3 saturated heterocycles. The summed E-state index contributed by atoms with van der Waals surface area (Å²) in [6.45, 7) is 16.6. The van der Waals surface area contributed by atoms with Gasteiger partial charge in [-0.3, -0.25) is 14.4 Å². The van der Waals surface area contributed by atoms with Crippen LogP contribution in [0.5, 0.6) is 0 Å². The Morgan fingerprint density at radius 1 is 1.22 bits per heavy atom. The molecule has 3 fully saturated rings. The van der Waals surface area contributed by atoms with Gasteiger partial charge in [-0.1, -0.05) is 45.8 Å².